The molecule has 0 aliphatic heterocycles. The summed E-state index contributed by atoms with van der Waals surface area (Å²) in [7, 11) is 0. The zero-order valence-electron chi connectivity index (χ0n) is 16.5. The summed E-state index contributed by atoms with van der Waals surface area (Å²) in [5.41, 5.74) is 1.49. The van der Waals surface area contributed by atoms with Crippen molar-refractivity contribution in [3.8, 4) is 6.07 Å². The van der Waals surface area contributed by atoms with Crippen LogP contribution in [0.1, 0.15) is 56.3 Å². The van der Waals surface area contributed by atoms with Crippen LogP contribution in [0.5, 0.6) is 0 Å². The maximum Gasteiger partial charge on any atom is 0.251 e. The lowest BCUT2D eigenvalue weighted by Crippen LogP contribution is -2.50. The molecule has 0 radical (unpaired) electrons. The average Bonchev–Trinajstić information content (AvgIpc) is 3.15. The molecule has 3 rings (SSSR count). The van der Waals surface area contributed by atoms with Crippen LogP contribution in [-0.4, -0.2) is 28.9 Å². The zero-order chi connectivity index (χ0) is 20.1. The number of nitriles is 1. The van der Waals surface area contributed by atoms with E-state index in [0.717, 1.165) is 36.6 Å². The molecule has 148 valence electrons. The maximum atomic E-state index is 12.8. The van der Waals surface area contributed by atoms with Gasteiger partial charge in [-0.25, -0.2) is 0 Å². The van der Waals surface area contributed by atoms with Gasteiger partial charge in [-0.1, -0.05) is 32.8 Å². The summed E-state index contributed by atoms with van der Waals surface area (Å²) in [5, 5.41) is 16.3. The van der Waals surface area contributed by atoms with Gasteiger partial charge < -0.3 is 15.6 Å². The monoisotopic (exact) mass is 380 g/mol. The van der Waals surface area contributed by atoms with Crippen molar-refractivity contribution in [1.82, 2.24) is 15.6 Å². The number of carbonyl (C=O) groups is 2. The van der Waals surface area contributed by atoms with Gasteiger partial charge in [0.05, 0.1) is 12.0 Å². The van der Waals surface area contributed by atoms with Crippen molar-refractivity contribution in [2.24, 2.45) is 11.8 Å². The van der Waals surface area contributed by atoms with E-state index < -0.39 is 6.04 Å². The summed E-state index contributed by atoms with van der Waals surface area (Å²) in [5.74, 6) is -0.262. The Morgan fingerprint density at radius 1 is 1.25 bits per heavy atom. The van der Waals surface area contributed by atoms with E-state index >= 15 is 0 Å². The quantitative estimate of drug-likeness (QED) is 0.715. The first-order valence-corrected chi connectivity index (χ1v) is 10.1. The van der Waals surface area contributed by atoms with Crippen molar-refractivity contribution >= 4 is 22.7 Å². The highest BCUT2D eigenvalue weighted by Gasteiger charge is 2.33. The van der Waals surface area contributed by atoms with Crippen LogP contribution in [0.15, 0.2) is 30.5 Å². The minimum absolute atomic E-state index is 0.128. The molecule has 1 fully saturated rings. The van der Waals surface area contributed by atoms with E-state index in [1.807, 2.05) is 38.2 Å². The van der Waals surface area contributed by atoms with Gasteiger partial charge in [0.25, 0.3) is 5.91 Å². The van der Waals surface area contributed by atoms with Crippen LogP contribution < -0.4 is 10.6 Å². The molecule has 0 bridgehead atoms. The fourth-order valence-corrected chi connectivity index (χ4v) is 3.95. The molecule has 1 heterocycles. The predicted molar refractivity (Wildman–Crippen MR) is 109 cm³/mol. The summed E-state index contributed by atoms with van der Waals surface area (Å²) >= 11 is 0. The van der Waals surface area contributed by atoms with E-state index in [0.29, 0.717) is 17.9 Å². The summed E-state index contributed by atoms with van der Waals surface area (Å²) in [6.07, 6.45) is 5.92. The van der Waals surface area contributed by atoms with Crippen molar-refractivity contribution in [3.63, 3.8) is 0 Å². The van der Waals surface area contributed by atoms with Crippen LogP contribution in [-0.2, 0) is 4.79 Å². The number of rotatable bonds is 6. The first-order chi connectivity index (χ1) is 13.5. The van der Waals surface area contributed by atoms with E-state index in [1.165, 1.54) is 0 Å². The van der Waals surface area contributed by atoms with Gasteiger partial charge >= 0.3 is 0 Å². The summed E-state index contributed by atoms with van der Waals surface area (Å²) < 4.78 is 0. The molecule has 3 unspecified atom stereocenters. The van der Waals surface area contributed by atoms with Gasteiger partial charge in [0.1, 0.15) is 6.04 Å². The number of hydrogen-bond donors (Lipinski definition) is 3. The zero-order valence-corrected chi connectivity index (χ0v) is 16.5. The second-order valence-electron chi connectivity index (χ2n) is 8.07. The molecule has 1 aromatic carbocycles. The number of nitrogens with zero attached hydrogens (tertiary/aromatic N) is 1. The van der Waals surface area contributed by atoms with E-state index in [1.54, 1.807) is 6.07 Å². The smallest absolute Gasteiger partial charge is 0.251 e. The second kappa shape index (κ2) is 8.92. The van der Waals surface area contributed by atoms with E-state index in [2.05, 4.69) is 21.7 Å². The minimum Gasteiger partial charge on any atom is -0.361 e. The van der Waals surface area contributed by atoms with Crippen LogP contribution in [0.2, 0.25) is 0 Å². The van der Waals surface area contributed by atoms with Gasteiger partial charge in [0.15, 0.2) is 0 Å². The number of nitrogens with one attached hydrogen (secondary N) is 3. The molecule has 6 nitrogen and oxygen atoms in total. The van der Waals surface area contributed by atoms with Gasteiger partial charge in [-0.15, -0.1) is 0 Å². The van der Waals surface area contributed by atoms with Crippen molar-refractivity contribution in [2.75, 3.05) is 0 Å². The Hall–Kier alpha value is -2.81. The molecule has 1 saturated carbocycles. The number of aromatic nitrogens is 1. The summed E-state index contributed by atoms with van der Waals surface area (Å²) in [6, 6.07) is 8.99. The SMILES string of the molecule is CC(C)CC(C#N)NC(=O)C1CCCCC1NC(=O)c1ccc2cc[nH]c2c1. The highest BCUT2D eigenvalue weighted by Crippen LogP contribution is 2.26. The lowest BCUT2D eigenvalue weighted by molar-refractivity contribution is -0.127. The first-order valence-electron chi connectivity index (χ1n) is 10.1. The van der Waals surface area contributed by atoms with Gasteiger partial charge in [-0.3, -0.25) is 9.59 Å². The van der Waals surface area contributed by atoms with Crippen molar-refractivity contribution < 1.29 is 9.59 Å². The molecule has 3 atom stereocenters. The van der Waals surface area contributed by atoms with E-state index in [9.17, 15) is 14.9 Å². The number of H-pyrrole nitrogens is 1. The number of fused-ring (bicyclic) bond motifs is 1. The largest absolute Gasteiger partial charge is 0.361 e. The Morgan fingerprint density at radius 3 is 2.79 bits per heavy atom. The van der Waals surface area contributed by atoms with Crippen molar-refractivity contribution in [1.29, 1.82) is 5.26 Å². The van der Waals surface area contributed by atoms with Crippen molar-refractivity contribution in [3.05, 3.63) is 36.0 Å². The molecule has 3 N–H and O–H groups in total. The number of aromatic amines is 1. The lowest BCUT2D eigenvalue weighted by atomic mass is 9.83. The third-order valence-electron chi connectivity index (χ3n) is 5.42. The third kappa shape index (κ3) is 4.72. The van der Waals surface area contributed by atoms with Gasteiger partial charge in [0.2, 0.25) is 5.91 Å². The highest BCUT2D eigenvalue weighted by atomic mass is 16.2. The van der Waals surface area contributed by atoms with Crippen LogP contribution >= 0.6 is 0 Å². The molecular formula is C22H28N4O2. The maximum absolute atomic E-state index is 12.8. The standard InChI is InChI=1S/C22H28N4O2/c1-14(2)11-17(13-23)25-22(28)18-5-3-4-6-19(18)26-21(27)16-8-7-15-9-10-24-20(15)12-16/h7-10,12,14,17-19,24H,3-6,11H2,1-2H3,(H,25,28)(H,26,27). The Labute approximate surface area is 165 Å². The minimum atomic E-state index is -0.485. The number of amides is 2. The number of hydrogen-bond acceptors (Lipinski definition) is 3. The molecule has 2 aromatic rings. The predicted octanol–water partition coefficient (Wildman–Crippen LogP) is 3.51. The molecule has 28 heavy (non-hydrogen) atoms. The van der Waals surface area contributed by atoms with E-state index in [-0.39, 0.29) is 23.8 Å². The fraction of sp³-hybridized carbons (Fsp3) is 0.500. The Kier molecular flexibility index (Phi) is 6.35. The molecule has 2 amide bonds. The molecule has 0 saturated heterocycles. The number of benzene rings is 1. The van der Waals surface area contributed by atoms with Gasteiger partial charge in [-0.2, -0.15) is 5.26 Å². The van der Waals surface area contributed by atoms with Crippen LogP contribution in [0.3, 0.4) is 0 Å². The first kappa shape index (κ1) is 19.9. The lowest BCUT2D eigenvalue weighted by Gasteiger charge is -2.32. The molecule has 1 aliphatic rings. The normalized spacial score (nSPS) is 20.5. The summed E-state index contributed by atoms with van der Waals surface area (Å²) in [4.78, 5) is 28.7. The Bertz CT molecular complexity index is 880. The van der Waals surface area contributed by atoms with Crippen molar-refractivity contribution in [2.45, 2.75) is 58.0 Å². The van der Waals surface area contributed by atoms with Crippen LogP contribution in [0.25, 0.3) is 10.9 Å². The van der Waals surface area contributed by atoms with Gasteiger partial charge in [0, 0.05) is 23.3 Å². The third-order valence-corrected chi connectivity index (χ3v) is 5.42. The van der Waals surface area contributed by atoms with E-state index in [4.69, 9.17) is 0 Å². The topological polar surface area (TPSA) is 97.8 Å². The van der Waals surface area contributed by atoms with Gasteiger partial charge in [-0.05, 0) is 48.8 Å². The molecule has 1 aromatic heterocycles. The number of carbonyl (C=O) groups excluding carboxylic acids is 2. The fourth-order valence-electron chi connectivity index (χ4n) is 3.95. The second-order valence-corrected chi connectivity index (χ2v) is 8.07. The Morgan fingerprint density at radius 2 is 2.04 bits per heavy atom. The highest BCUT2D eigenvalue weighted by molar-refractivity contribution is 5.98. The molecular weight excluding hydrogens is 352 g/mol. The molecule has 6 heteroatoms. The molecule has 0 spiro atoms. The van der Waals surface area contributed by atoms with Crippen LogP contribution in [0.4, 0.5) is 0 Å². The van der Waals surface area contributed by atoms with Crippen LogP contribution in [0, 0.1) is 23.2 Å². The average molecular weight is 380 g/mol. The molecule has 1 aliphatic carbocycles. The Balaban J connectivity index is 1.67. The summed E-state index contributed by atoms with van der Waals surface area (Å²) in [6.45, 7) is 4.06.